The standard InChI is InChI=1S/C22H26BrClN2/c23-21-7-6-16(12-22(21)24)15-26(19-8-10-25-11-9-19)20-13-18(14-20)17-4-2-1-3-5-17/h1-7,12,18-20,25H,8-11,13-15H2. The van der Waals surface area contributed by atoms with Gasteiger partial charge in [-0.1, -0.05) is 48.0 Å². The third-order valence-electron chi connectivity index (χ3n) is 5.98. The first-order valence-electron chi connectivity index (χ1n) is 9.66. The van der Waals surface area contributed by atoms with E-state index in [1.165, 1.54) is 36.8 Å². The van der Waals surface area contributed by atoms with E-state index in [2.05, 4.69) is 74.7 Å². The van der Waals surface area contributed by atoms with Crippen molar-refractivity contribution in [2.45, 2.75) is 50.2 Å². The predicted molar refractivity (Wildman–Crippen MR) is 113 cm³/mol. The zero-order valence-electron chi connectivity index (χ0n) is 15.0. The molecule has 0 unspecified atom stereocenters. The second-order valence-electron chi connectivity index (χ2n) is 7.63. The fourth-order valence-electron chi connectivity index (χ4n) is 4.40. The number of nitrogens with zero attached hydrogens (tertiary/aromatic N) is 1. The first-order valence-corrected chi connectivity index (χ1v) is 10.8. The maximum Gasteiger partial charge on any atom is 0.0551 e. The molecule has 0 aromatic heterocycles. The van der Waals surface area contributed by atoms with Crippen LogP contribution in [0.4, 0.5) is 0 Å². The van der Waals surface area contributed by atoms with E-state index >= 15 is 0 Å². The maximum atomic E-state index is 6.34. The third kappa shape index (κ3) is 4.17. The Bertz CT molecular complexity index is 724. The molecule has 1 saturated carbocycles. The van der Waals surface area contributed by atoms with Gasteiger partial charge in [0.1, 0.15) is 0 Å². The Morgan fingerprint density at radius 3 is 2.42 bits per heavy atom. The molecule has 1 N–H and O–H groups in total. The number of benzene rings is 2. The van der Waals surface area contributed by atoms with E-state index in [0.29, 0.717) is 12.1 Å². The van der Waals surface area contributed by atoms with Crippen LogP contribution in [0, 0.1) is 0 Å². The molecular weight excluding hydrogens is 408 g/mol. The van der Waals surface area contributed by atoms with Gasteiger partial charge in [-0.15, -0.1) is 0 Å². The number of hydrogen-bond donors (Lipinski definition) is 1. The largest absolute Gasteiger partial charge is 0.317 e. The fraction of sp³-hybridized carbons (Fsp3) is 0.455. The van der Waals surface area contributed by atoms with Crippen LogP contribution < -0.4 is 5.32 Å². The van der Waals surface area contributed by atoms with Crippen LogP contribution in [0.25, 0.3) is 0 Å². The highest BCUT2D eigenvalue weighted by molar-refractivity contribution is 9.10. The Balaban J connectivity index is 1.47. The molecule has 1 aliphatic heterocycles. The SMILES string of the molecule is Clc1cc(CN(C2CCNCC2)C2CC(c3ccccc3)C2)ccc1Br. The molecule has 2 nitrogen and oxygen atoms in total. The van der Waals surface area contributed by atoms with Crippen LogP contribution in [0.2, 0.25) is 5.02 Å². The summed E-state index contributed by atoms with van der Waals surface area (Å²) in [7, 11) is 0. The Kier molecular flexibility index (Phi) is 6.00. The number of nitrogens with one attached hydrogen (secondary N) is 1. The number of halogens is 2. The summed E-state index contributed by atoms with van der Waals surface area (Å²) < 4.78 is 0.976. The molecule has 0 bridgehead atoms. The summed E-state index contributed by atoms with van der Waals surface area (Å²) in [6, 6.07) is 18.8. The zero-order chi connectivity index (χ0) is 17.9. The van der Waals surface area contributed by atoms with Crippen LogP contribution in [-0.2, 0) is 6.54 Å². The molecule has 138 valence electrons. The van der Waals surface area contributed by atoms with Crippen molar-refractivity contribution in [1.82, 2.24) is 10.2 Å². The molecule has 2 aromatic carbocycles. The normalized spacial score (nSPS) is 23.8. The molecule has 26 heavy (non-hydrogen) atoms. The topological polar surface area (TPSA) is 15.3 Å². The van der Waals surface area contributed by atoms with Crippen molar-refractivity contribution < 1.29 is 0 Å². The van der Waals surface area contributed by atoms with Gasteiger partial charge in [-0.25, -0.2) is 0 Å². The average molecular weight is 434 g/mol. The maximum absolute atomic E-state index is 6.34. The molecule has 0 spiro atoms. The second-order valence-corrected chi connectivity index (χ2v) is 8.90. The van der Waals surface area contributed by atoms with E-state index in [0.717, 1.165) is 35.0 Å². The molecule has 1 saturated heterocycles. The minimum absolute atomic E-state index is 0.681. The minimum atomic E-state index is 0.681. The van der Waals surface area contributed by atoms with Crippen LogP contribution in [0.15, 0.2) is 53.0 Å². The Morgan fingerprint density at radius 1 is 1.00 bits per heavy atom. The summed E-state index contributed by atoms with van der Waals surface area (Å²) >= 11 is 9.84. The average Bonchev–Trinajstić information content (AvgIpc) is 2.64. The molecule has 0 atom stereocenters. The van der Waals surface area contributed by atoms with Gasteiger partial charge in [-0.05, 0) is 83.9 Å². The highest BCUT2D eigenvalue weighted by Crippen LogP contribution is 2.42. The van der Waals surface area contributed by atoms with E-state index < -0.39 is 0 Å². The first kappa shape index (κ1) is 18.5. The van der Waals surface area contributed by atoms with Crippen LogP contribution in [0.3, 0.4) is 0 Å². The van der Waals surface area contributed by atoms with E-state index in [1.54, 1.807) is 0 Å². The van der Waals surface area contributed by atoms with Gasteiger partial charge in [-0.2, -0.15) is 0 Å². The van der Waals surface area contributed by atoms with Crippen molar-refractivity contribution in [2.75, 3.05) is 13.1 Å². The van der Waals surface area contributed by atoms with E-state index in [4.69, 9.17) is 11.6 Å². The van der Waals surface area contributed by atoms with E-state index in [9.17, 15) is 0 Å². The van der Waals surface area contributed by atoms with Gasteiger partial charge in [0.05, 0.1) is 5.02 Å². The molecule has 2 aromatic rings. The molecule has 2 aliphatic rings. The molecule has 2 fully saturated rings. The van der Waals surface area contributed by atoms with Crippen molar-refractivity contribution in [1.29, 1.82) is 0 Å². The van der Waals surface area contributed by atoms with Crippen molar-refractivity contribution >= 4 is 27.5 Å². The molecule has 1 heterocycles. The van der Waals surface area contributed by atoms with Gasteiger partial charge in [0, 0.05) is 23.1 Å². The highest BCUT2D eigenvalue weighted by Gasteiger charge is 2.37. The zero-order valence-corrected chi connectivity index (χ0v) is 17.3. The van der Waals surface area contributed by atoms with E-state index in [1.807, 2.05) is 0 Å². The fourth-order valence-corrected chi connectivity index (χ4v) is 4.85. The van der Waals surface area contributed by atoms with Crippen LogP contribution in [0.5, 0.6) is 0 Å². The number of piperidine rings is 1. The van der Waals surface area contributed by atoms with Gasteiger partial charge in [-0.3, -0.25) is 4.90 Å². The lowest BCUT2D eigenvalue weighted by Crippen LogP contribution is -2.51. The summed E-state index contributed by atoms with van der Waals surface area (Å²) in [6.45, 7) is 3.28. The smallest absolute Gasteiger partial charge is 0.0551 e. The Labute approximate surface area is 170 Å². The summed E-state index contributed by atoms with van der Waals surface area (Å²) in [5.74, 6) is 0.721. The van der Waals surface area contributed by atoms with Gasteiger partial charge in [0.25, 0.3) is 0 Å². The molecule has 0 amide bonds. The molecule has 4 heteroatoms. The van der Waals surface area contributed by atoms with Crippen LogP contribution >= 0.6 is 27.5 Å². The summed E-state index contributed by atoms with van der Waals surface area (Å²) in [4.78, 5) is 2.76. The molecule has 4 rings (SSSR count). The van der Waals surface area contributed by atoms with Crippen molar-refractivity contribution in [3.05, 3.63) is 69.2 Å². The van der Waals surface area contributed by atoms with Gasteiger partial charge in [0.2, 0.25) is 0 Å². The van der Waals surface area contributed by atoms with Crippen molar-refractivity contribution in [2.24, 2.45) is 0 Å². The highest BCUT2D eigenvalue weighted by atomic mass is 79.9. The summed E-state index contributed by atoms with van der Waals surface area (Å²) in [5, 5.41) is 4.31. The monoisotopic (exact) mass is 432 g/mol. The summed E-state index contributed by atoms with van der Waals surface area (Å²) in [6.07, 6.45) is 5.05. The van der Waals surface area contributed by atoms with Crippen LogP contribution in [0.1, 0.15) is 42.7 Å². The first-order chi connectivity index (χ1) is 12.7. The second kappa shape index (κ2) is 8.43. The van der Waals surface area contributed by atoms with Gasteiger partial charge >= 0.3 is 0 Å². The summed E-state index contributed by atoms with van der Waals surface area (Å²) in [5.41, 5.74) is 2.82. The van der Waals surface area contributed by atoms with Crippen LogP contribution in [-0.4, -0.2) is 30.1 Å². The van der Waals surface area contributed by atoms with Gasteiger partial charge < -0.3 is 5.32 Å². The molecule has 1 aliphatic carbocycles. The quantitative estimate of drug-likeness (QED) is 0.660. The van der Waals surface area contributed by atoms with Crippen molar-refractivity contribution in [3.8, 4) is 0 Å². The van der Waals surface area contributed by atoms with E-state index in [-0.39, 0.29) is 0 Å². The lowest BCUT2D eigenvalue weighted by Gasteiger charge is -2.48. The number of rotatable bonds is 5. The number of hydrogen-bond acceptors (Lipinski definition) is 2. The lowest BCUT2D eigenvalue weighted by molar-refractivity contribution is 0.0435. The van der Waals surface area contributed by atoms with Gasteiger partial charge in [0.15, 0.2) is 0 Å². The third-order valence-corrected chi connectivity index (χ3v) is 7.21. The lowest BCUT2D eigenvalue weighted by atomic mass is 9.74. The molecule has 0 radical (unpaired) electrons. The Hall–Kier alpha value is -0.870. The molecular formula is C22H26BrClN2. The predicted octanol–water partition coefficient (Wildman–Crippen LogP) is 5.60. The Morgan fingerprint density at radius 2 is 1.73 bits per heavy atom. The minimum Gasteiger partial charge on any atom is -0.317 e. The van der Waals surface area contributed by atoms with Crippen molar-refractivity contribution in [3.63, 3.8) is 0 Å².